The Hall–Kier alpha value is -0.180. The van der Waals surface area contributed by atoms with Gasteiger partial charge in [-0.1, -0.05) is 13.8 Å². The van der Waals surface area contributed by atoms with Gasteiger partial charge in [0.1, 0.15) is 0 Å². The van der Waals surface area contributed by atoms with Crippen molar-refractivity contribution in [1.82, 2.24) is 0 Å². The Kier molecular flexibility index (Phi) is 4.30. The van der Waals surface area contributed by atoms with Crippen LogP contribution in [0.1, 0.15) is 85.5 Å². The third-order valence-corrected chi connectivity index (χ3v) is 8.99. The van der Waals surface area contributed by atoms with Gasteiger partial charge >= 0.3 is 0 Å². The molecule has 1 nitrogen and oxygen atoms in total. The summed E-state index contributed by atoms with van der Waals surface area (Å²) in [6.07, 6.45) is 8.84. The van der Waals surface area contributed by atoms with Crippen molar-refractivity contribution in [1.29, 1.82) is 0 Å². The zero-order chi connectivity index (χ0) is 18.0. The fraction of sp³-hybridized carbons (Fsp3) is 1.00. The summed E-state index contributed by atoms with van der Waals surface area (Å²) in [4.78, 5) is 0. The van der Waals surface area contributed by atoms with Gasteiger partial charge in [-0.2, -0.15) is 0 Å². The molecule has 7 unspecified atom stereocenters. The van der Waals surface area contributed by atoms with Gasteiger partial charge in [-0.15, -0.1) is 0 Å². The largest absolute Gasteiger partial charge is 0.375 e. The van der Waals surface area contributed by atoms with Gasteiger partial charge in [0.05, 0.1) is 12.2 Å². The summed E-state index contributed by atoms with van der Waals surface area (Å²) in [6.45, 7) is 9.13. The monoisotopic (exact) mass is 354 g/mol. The molecule has 0 amide bonds. The van der Waals surface area contributed by atoms with Gasteiger partial charge in [-0.3, -0.25) is 0 Å². The summed E-state index contributed by atoms with van der Waals surface area (Å²) in [5.74, 6) is -0.0177. The molecule has 0 aliphatic heterocycles. The highest BCUT2D eigenvalue weighted by molar-refractivity contribution is 5.10. The predicted octanol–water partition coefficient (Wildman–Crippen LogP) is 6.46. The van der Waals surface area contributed by atoms with Crippen LogP contribution in [0.4, 0.5) is 8.78 Å². The molecule has 0 aromatic heterocycles. The van der Waals surface area contributed by atoms with E-state index in [-0.39, 0.29) is 24.2 Å². The molecule has 3 heteroatoms. The molecular weight excluding hydrogens is 318 g/mol. The number of halogens is 2. The lowest BCUT2D eigenvalue weighted by Crippen LogP contribution is -2.55. The molecule has 4 fully saturated rings. The number of fused-ring (bicyclic) bond motifs is 5. The highest BCUT2D eigenvalue weighted by Crippen LogP contribution is 2.67. The van der Waals surface area contributed by atoms with Gasteiger partial charge in [0.2, 0.25) is 5.92 Å². The normalized spacial score (nSPS) is 51.7. The Morgan fingerprint density at radius 1 is 0.840 bits per heavy atom. The summed E-state index contributed by atoms with van der Waals surface area (Å²) in [6, 6.07) is 0. The third-order valence-electron chi connectivity index (χ3n) is 8.99. The van der Waals surface area contributed by atoms with Gasteiger partial charge in [-0.25, -0.2) is 8.78 Å². The minimum Gasteiger partial charge on any atom is -0.375 e. The van der Waals surface area contributed by atoms with Crippen molar-refractivity contribution < 1.29 is 13.5 Å². The average Bonchev–Trinajstić information content (AvgIpc) is 2.84. The maximum atomic E-state index is 14.0. The fourth-order valence-electron chi connectivity index (χ4n) is 7.68. The van der Waals surface area contributed by atoms with Gasteiger partial charge in [-0.05, 0) is 93.3 Å². The van der Waals surface area contributed by atoms with E-state index < -0.39 is 5.92 Å². The molecule has 0 N–H and O–H groups in total. The van der Waals surface area contributed by atoms with E-state index in [1.165, 1.54) is 32.1 Å². The van der Waals surface area contributed by atoms with E-state index in [0.717, 1.165) is 24.7 Å². The Bertz CT molecular complexity index is 518. The minimum atomic E-state index is -2.41. The van der Waals surface area contributed by atoms with Crippen LogP contribution in [0.15, 0.2) is 0 Å². The maximum Gasteiger partial charge on any atom is 0.248 e. The van der Waals surface area contributed by atoms with E-state index in [2.05, 4.69) is 27.7 Å². The van der Waals surface area contributed by atoms with Crippen LogP contribution in [-0.2, 0) is 4.74 Å². The molecule has 0 aromatic carbocycles. The van der Waals surface area contributed by atoms with E-state index >= 15 is 0 Å². The molecule has 7 atom stereocenters. The van der Waals surface area contributed by atoms with Gasteiger partial charge < -0.3 is 4.74 Å². The van der Waals surface area contributed by atoms with Crippen molar-refractivity contribution in [2.45, 2.75) is 104 Å². The molecule has 4 saturated carbocycles. The number of ether oxygens (including phenoxy) is 1. The van der Waals surface area contributed by atoms with Crippen LogP contribution in [0.2, 0.25) is 0 Å². The first-order valence-electron chi connectivity index (χ1n) is 10.7. The van der Waals surface area contributed by atoms with Crippen LogP contribution in [0.5, 0.6) is 0 Å². The zero-order valence-electron chi connectivity index (χ0n) is 16.5. The van der Waals surface area contributed by atoms with Gasteiger partial charge in [0.25, 0.3) is 0 Å². The Morgan fingerprint density at radius 3 is 2.28 bits per heavy atom. The van der Waals surface area contributed by atoms with Crippen LogP contribution < -0.4 is 0 Å². The standard InChI is InChI=1S/C22H36F2O/c1-14(2)25-19-8-7-17-16-6-5-15-13-22(23,24)12-11-20(15,3)18(16)9-10-21(17,19)4/h14-19H,5-13H2,1-4H3. The number of rotatable bonds is 2. The van der Waals surface area contributed by atoms with Crippen molar-refractivity contribution in [3.8, 4) is 0 Å². The minimum absolute atomic E-state index is 0.115. The Balaban J connectivity index is 1.56. The summed E-state index contributed by atoms with van der Waals surface area (Å²) in [5, 5.41) is 0. The first-order valence-corrected chi connectivity index (χ1v) is 10.7. The molecule has 25 heavy (non-hydrogen) atoms. The van der Waals surface area contributed by atoms with Crippen molar-refractivity contribution in [2.75, 3.05) is 0 Å². The molecule has 0 spiro atoms. The molecule has 0 heterocycles. The zero-order valence-corrected chi connectivity index (χ0v) is 16.5. The number of hydrogen-bond acceptors (Lipinski definition) is 1. The molecule has 4 aliphatic rings. The second kappa shape index (κ2) is 5.91. The third kappa shape index (κ3) is 2.78. The van der Waals surface area contributed by atoms with E-state index in [0.29, 0.717) is 23.5 Å². The van der Waals surface area contributed by atoms with Crippen LogP contribution in [-0.4, -0.2) is 18.1 Å². The predicted molar refractivity (Wildman–Crippen MR) is 96.7 cm³/mol. The van der Waals surface area contributed by atoms with E-state index in [4.69, 9.17) is 4.74 Å². The molecular formula is C22H36F2O. The molecule has 0 aromatic rings. The number of alkyl halides is 2. The fourth-order valence-corrected chi connectivity index (χ4v) is 7.68. The quantitative estimate of drug-likeness (QED) is 0.553. The Morgan fingerprint density at radius 2 is 1.56 bits per heavy atom. The average molecular weight is 355 g/mol. The summed E-state index contributed by atoms with van der Waals surface area (Å²) in [5.41, 5.74) is 0.468. The maximum absolute atomic E-state index is 14.0. The molecule has 0 saturated heterocycles. The highest BCUT2D eigenvalue weighted by atomic mass is 19.3. The topological polar surface area (TPSA) is 9.23 Å². The lowest BCUT2D eigenvalue weighted by molar-refractivity contribution is -0.172. The second-order valence-electron chi connectivity index (χ2n) is 10.5. The second-order valence-corrected chi connectivity index (χ2v) is 10.5. The Labute approximate surface area is 152 Å². The lowest BCUT2D eigenvalue weighted by atomic mass is 9.45. The first kappa shape index (κ1) is 18.2. The van der Waals surface area contributed by atoms with Crippen LogP contribution in [0.3, 0.4) is 0 Å². The van der Waals surface area contributed by atoms with E-state index in [1.54, 1.807) is 0 Å². The summed E-state index contributed by atoms with van der Waals surface area (Å²) < 4.78 is 34.3. The van der Waals surface area contributed by atoms with Crippen LogP contribution in [0.25, 0.3) is 0 Å². The molecule has 0 radical (unpaired) electrons. The van der Waals surface area contributed by atoms with Crippen LogP contribution in [0, 0.1) is 34.5 Å². The first-order chi connectivity index (χ1) is 11.7. The van der Waals surface area contributed by atoms with Gasteiger partial charge in [0.15, 0.2) is 0 Å². The van der Waals surface area contributed by atoms with Crippen LogP contribution >= 0.6 is 0 Å². The summed E-state index contributed by atoms with van der Waals surface area (Å²) >= 11 is 0. The van der Waals surface area contributed by atoms with Crippen molar-refractivity contribution in [3.63, 3.8) is 0 Å². The smallest absolute Gasteiger partial charge is 0.248 e. The molecule has 4 aliphatic carbocycles. The highest BCUT2D eigenvalue weighted by Gasteiger charge is 2.62. The van der Waals surface area contributed by atoms with Crippen molar-refractivity contribution in [3.05, 3.63) is 0 Å². The molecule has 0 bridgehead atoms. The lowest BCUT2D eigenvalue weighted by Gasteiger charge is -2.61. The number of hydrogen-bond donors (Lipinski definition) is 0. The molecule has 4 rings (SSSR count). The van der Waals surface area contributed by atoms with Crippen molar-refractivity contribution >= 4 is 0 Å². The van der Waals surface area contributed by atoms with E-state index in [1.807, 2.05) is 0 Å². The van der Waals surface area contributed by atoms with Gasteiger partial charge in [0, 0.05) is 12.8 Å². The summed E-state index contributed by atoms with van der Waals surface area (Å²) in [7, 11) is 0. The van der Waals surface area contributed by atoms with Crippen molar-refractivity contribution in [2.24, 2.45) is 34.5 Å². The molecule has 144 valence electrons. The SMILES string of the molecule is CC(C)OC1CCC2C3CCC4CC(F)(F)CCC4(C)C3CCC12C. The van der Waals surface area contributed by atoms with E-state index in [9.17, 15) is 8.78 Å².